The summed E-state index contributed by atoms with van der Waals surface area (Å²) in [6.45, 7) is 11.6. The number of carbonyl (C=O) groups excluding carboxylic acids is 1. The van der Waals surface area contributed by atoms with Crippen LogP contribution in [0.15, 0.2) is 24.3 Å². The summed E-state index contributed by atoms with van der Waals surface area (Å²) < 4.78 is 0. The number of amides is 1. The van der Waals surface area contributed by atoms with Gasteiger partial charge >= 0.3 is 0 Å². The van der Waals surface area contributed by atoms with Gasteiger partial charge in [0.2, 0.25) is 5.91 Å². The second kappa shape index (κ2) is 13.5. The van der Waals surface area contributed by atoms with Crippen LogP contribution >= 0.6 is 0 Å². The molecule has 0 radical (unpaired) electrons. The average Bonchev–Trinajstić information content (AvgIpc) is 2.83. The van der Waals surface area contributed by atoms with Gasteiger partial charge < -0.3 is 15.5 Å². The maximum absolute atomic E-state index is 12.8. The number of hydrogen-bond acceptors (Lipinski definition) is 3. The molecule has 1 amide bonds. The molecule has 192 valence electrons. The molecule has 0 aromatic heterocycles. The van der Waals surface area contributed by atoms with E-state index in [-0.39, 0.29) is 11.9 Å². The van der Waals surface area contributed by atoms with E-state index in [2.05, 4.69) is 56.9 Å². The van der Waals surface area contributed by atoms with Gasteiger partial charge in [-0.1, -0.05) is 71.9 Å². The summed E-state index contributed by atoms with van der Waals surface area (Å²) in [6, 6.07) is 9.58. The van der Waals surface area contributed by atoms with Gasteiger partial charge in [0, 0.05) is 31.4 Å². The minimum absolute atomic E-state index is 0.142. The van der Waals surface area contributed by atoms with Crippen molar-refractivity contribution in [2.75, 3.05) is 24.5 Å². The second-order valence-corrected chi connectivity index (χ2v) is 11.9. The molecule has 0 spiro atoms. The summed E-state index contributed by atoms with van der Waals surface area (Å²) in [5.41, 5.74) is 9.03. The molecule has 2 fully saturated rings. The Bertz CT molecular complexity index is 715. The van der Waals surface area contributed by atoms with Gasteiger partial charge in [0.05, 0.1) is 6.04 Å². The van der Waals surface area contributed by atoms with Crippen molar-refractivity contribution in [2.45, 2.75) is 110 Å². The zero-order valence-corrected chi connectivity index (χ0v) is 22.5. The van der Waals surface area contributed by atoms with E-state index in [4.69, 9.17) is 5.73 Å². The molecule has 1 aromatic carbocycles. The molecule has 34 heavy (non-hydrogen) atoms. The number of carbonyl (C=O) groups is 1. The van der Waals surface area contributed by atoms with E-state index < -0.39 is 0 Å². The van der Waals surface area contributed by atoms with Crippen molar-refractivity contribution in [2.24, 2.45) is 23.5 Å². The lowest BCUT2D eigenvalue weighted by Crippen LogP contribution is -2.51. The highest BCUT2D eigenvalue weighted by molar-refractivity contribution is 5.81. The van der Waals surface area contributed by atoms with Crippen molar-refractivity contribution < 1.29 is 4.79 Å². The fourth-order valence-corrected chi connectivity index (χ4v) is 5.86. The Hall–Kier alpha value is -1.55. The first-order chi connectivity index (χ1) is 16.3. The second-order valence-electron chi connectivity index (χ2n) is 11.9. The summed E-state index contributed by atoms with van der Waals surface area (Å²) in [5.74, 6) is 2.22. The van der Waals surface area contributed by atoms with Crippen molar-refractivity contribution in [3.05, 3.63) is 29.8 Å². The summed E-state index contributed by atoms with van der Waals surface area (Å²) in [5, 5.41) is 0. The highest BCUT2D eigenvalue weighted by Gasteiger charge is 2.29. The molecule has 4 nitrogen and oxygen atoms in total. The van der Waals surface area contributed by atoms with Gasteiger partial charge in [-0.05, 0) is 74.0 Å². The van der Waals surface area contributed by atoms with Crippen LogP contribution < -0.4 is 10.6 Å². The Kier molecular flexibility index (Phi) is 10.8. The fraction of sp³-hybridized carbons (Fsp3) is 0.767. The summed E-state index contributed by atoms with van der Waals surface area (Å²) >= 11 is 0. The zero-order chi connectivity index (χ0) is 24.5. The first-order valence-electron chi connectivity index (χ1n) is 14.2. The van der Waals surface area contributed by atoms with Crippen LogP contribution in [0.5, 0.6) is 0 Å². The highest BCUT2D eigenvalue weighted by atomic mass is 16.2. The maximum atomic E-state index is 12.8. The number of nitrogens with two attached hydrogens (primary N) is 1. The van der Waals surface area contributed by atoms with Gasteiger partial charge in [0.25, 0.3) is 0 Å². The molecule has 1 saturated heterocycles. The van der Waals surface area contributed by atoms with E-state index in [1.807, 2.05) is 4.90 Å². The lowest BCUT2D eigenvalue weighted by atomic mass is 9.85. The van der Waals surface area contributed by atoms with Crippen molar-refractivity contribution in [1.29, 1.82) is 0 Å². The number of hydrogen-bond donors (Lipinski definition) is 1. The van der Waals surface area contributed by atoms with Gasteiger partial charge in [0.1, 0.15) is 0 Å². The van der Waals surface area contributed by atoms with Crippen LogP contribution in [0.2, 0.25) is 0 Å². The minimum atomic E-state index is -0.352. The Morgan fingerprint density at radius 3 is 2.21 bits per heavy atom. The number of anilines is 1. The SMILES string of the molecule is CC(C)CCN(c1ccc(CCC2CCCCC2)cc1)C1CCN(C(=O)[C@@H](N)CC(C)C)CC1. The van der Waals surface area contributed by atoms with E-state index >= 15 is 0 Å². The molecule has 1 aliphatic heterocycles. The molecule has 1 saturated carbocycles. The van der Waals surface area contributed by atoms with Gasteiger partial charge in [-0.15, -0.1) is 0 Å². The van der Waals surface area contributed by atoms with Crippen molar-refractivity contribution in [3.63, 3.8) is 0 Å². The van der Waals surface area contributed by atoms with E-state index in [0.29, 0.717) is 17.9 Å². The zero-order valence-electron chi connectivity index (χ0n) is 22.5. The van der Waals surface area contributed by atoms with Crippen molar-refractivity contribution in [1.82, 2.24) is 4.90 Å². The van der Waals surface area contributed by atoms with Crippen molar-refractivity contribution >= 4 is 11.6 Å². The van der Waals surface area contributed by atoms with Gasteiger partial charge in [-0.3, -0.25) is 4.79 Å². The van der Waals surface area contributed by atoms with Gasteiger partial charge in [-0.2, -0.15) is 0 Å². The van der Waals surface area contributed by atoms with E-state index in [1.165, 1.54) is 62.6 Å². The molecule has 1 aromatic rings. The first-order valence-corrected chi connectivity index (χ1v) is 14.2. The third kappa shape index (κ3) is 8.29. The summed E-state index contributed by atoms with van der Waals surface area (Å²) in [4.78, 5) is 17.4. The molecule has 2 N–H and O–H groups in total. The quantitative estimate of drug-likeness (QED) is 0.407. The monoisotopic (exact) mass is 469 g/mol. The first kappa shape index (κ1) is 27.0. The molecule has 1 atom stereocenters. The molecule has 2 aliphatic rings. The fourth-order valence-electron chi connectivity index (χ4n) is 5.86. The van der Waals surface area contributed by atoms with Crippen molar-refractivity contribution in [3.8, 4) is 0 Å². The molecule has 1 aliphatic carbocycles. The third-order valence-corrected chi connectivity index (χ3v) is 8.04. The normalized spacial score (nSPS) is 19.1. The number of likely N-dealkylation sites (tertiary alicyclic amines) is 1. The summed E-state index contributed by atoms with van der Waals surface area (Å²) in [7, 11) is 0. The minimum Gasteiger partial charge on any atom is -0.368 e. The Labute approximate surface area is 209 Å². The van der Waals surface area contributed by atoms with E-state index in [0.717, 1.165) is 44.8 Å². The van der Waals surface area contributed by atoms with Crippen LogP contribution in [0.1, 0.15) is 97.5 Å². The molecule has 0 unspecified atom stereocenters. The lowest BCUT2D eigenvalue weighted by molar-refractivity contribution is -0.134. The Balaban J connectivity index is 1.58. The van der Waals surface area contributed by atoms with Crippen LogP contribution in [-0.4, -0.2) is 42.5 Å². The number of nitrogens with zero attached hydrogens (tertiary/aromatic N) is 2. The standard InChI is InChI=1S/C30H51N3O/c1-23(2)16-21-33(28-17-19-32(20-18-28)30(34)29(31)22-24(3)4)27-14-12-26(13-15-27)11-10-25-8-6-5-7-9-25/h12-15,23-25,28-29H,5-11,16-22,31H2,1-4H3/t29-/m0/s1. The van der Waals surface area contributed by atoms with Gasteiger partial charge in [0.15, 0.2) is 0 Å². The highest BCUT2D eigenvalue weighted by Crippen LogP contribution is 2.29. The van der Waals surface area contributed by atoms with Gasteiger partial charge in [-0.25, -0.2) is 0 Å². The topological polar surface area (TPSA) is 49.6 Å². The molecule has 3 rings (SSSR count). The molecule has 1 heterocycles. The molecule has 4 heteroatoms. The smallest absolute Gasteiger partial charge is 0.239 e. The number of aryl methyl sites for hydroxylation is 1. The number of piperidine rings is 1. The average molecular weight is 470 g/mol. The van der Waals surface area contributed by atoms with E-state index in [1.54, 1.807) is 0 Å². The lowest BCUT2D eigenvalue weighted by Gasteiger charge is -2.41. The van der Waals surface area contributed by atoms with Crippen LogP contribution in [-0.2, 0) is 11.2 Å². The Morgan fingerprint density at radius 2 is 1.62 bits per heavy atom. The Morgan fingerprint density at radius 1 is 0.971 bits per heavy atom. The molecular formula is C30H51N3O. The largest absolute Gasteiger partial charge is 0.368 e. The van der Waals surface area contributed by atoms with Crippen LogP contribution in [0.25, 0.3) is 0 Å². The predicted molar refractivity (Wildman–Crippen MR) is 145 cm³/mol. The van der Waals surface area contributed by atoms with E-state index in [9.17, 15) is 4.79 Å². The number of benzene rings is 1. The maximum Gasteiger partial charge on any atom is 0.239 e. The van der Waals surface area contributed by atoms with Crippen LogP contribution in [0.3, 0.4) is 0 Å². The molecular weight excluding hydrogens is 418 g/mol. The molecule has 0 bridgehead atoms. The third-order valence-electron chi connectivity index (χ3n) is 8.04. The van der Waals surface area contributed by atoms with Crippen LogP contribution in [0, 0.1) is 17.8 Å². The number of rotatable bonds is 11. The van der Waals surface area contributed by atoms with Crippen LogP contribution in [0.4, 0.5) is 5.69 Å². The summed E-state index contributed by atoms with van der Waals surface area (Å²) in [6.07, 6.45) is 13.8. The predicted octanol–water partition coefficient (Wildman–Crippen LogP) is 6.42.